The highest BCUT2D eigenvalue weighted by molar-refractivity contribution is 6.17. The van der Waals surface area contributed by atoms with E-state index in [-0.39, 0.29) is 0 Å². The number of benzene rings is 5. The Labute approximate surface area is 186 Å². The molecular formula is C30H20N2. The molecule has 0 fully saturated rings. The van der Waals surface area contributed by atoms with Crippen molar-refractivity contribution in [3.8, 4) is 22.4 Å². The number of H-pyrrole nitrogens is 1. The molecule has 0 aliphatic carbocycles. The summed E-state index contributed by atoms with van der Waals surface area (Å²) in [6, 6.07) is 41.2. The molecule has 5 aromatic carbocycles. The highest BCUT2D eigenvalue weighted by Crippen LogP contribution is 2.52. The molecule has 2 nitrogen and oxygen atoms in total. The molecule has 2 heteroatoms. The number of rotatable bonds is 1. The molecule has 0 saturated carbocycles. The second kappa shape index (κ2) is 6.60. The number of hydrogen-bond acceptors (Lipinski definition) is 1. The fourth-order valence-corrected chi connectivity index (χ4v) is 5.16. The van der Waals surface area contributed by atoms with Gasteiger partial charge in [0.05, 0.1) is 22.6 Å². The molecule has 0 radical (unpaired) electrons. The lowest BCUT2D eigenvalue weighted by Crippen LogP contribution is -2.10. The lowest BCUT2D eigenvalue weighted by molar-refractivity contribution is 1.29. The van der Waals surface area contributed by atoms with Crippen molar-refractivity contribution in [1.29, 1.82) is 0 Å². The molecule has 2 heterocycles. The summed E-state index contributed by atoms with van der Waals surface area (Å²) < 4.78 is 0. The van der Waals surface area contributed by atoms with Gasteiger partial charge in [-0.3, -0.25) is 0 Å². The van der Waals surface area contributed by atoms with Crippen LogP contribution in [-0.4, -0.2) is 4.98 Å². The number of nitrogens with one attached hydrogen (secondary N) is 1. The summed E-state index contributed by atoms with van der Waals surface area (Å²) in [6.45, 7) is 0. The monoisotopic (exact) mass is 408 g/mol. The molecule has 0 bridgehead atoms. The van der Waals surface area contributed by atoms with E-state index >= 15 is 0 Å². The summed E-state index contributed by atoms with van der Waals surface area (Å²) in [6.07, 6.45) is 0. The van der Waals surface area contributed by atoms with Crippen LogP contribution in [0, 0.1) is 0 Å². The van der Waals surface area contributed by atoms with Crippen molar-refractivity contribution < 1.29 is 0 Å². The Morgan fingerprint density at radius 1 is 0.500 bits per heavy atom. The number of para-hydroxylation sites is 3. The van der Waals surface area contributed by atoms with Gasteiger partial charge in [0, 0.05) is 33.2 Å². The summed E-state index contributed by atoms with van der Waals surface area (Å²) >= 11 is 0. The lowest BCUT2D eigenvalue weighted by atomic mass is 9.97. The summed E-state index contributed by atoms with van der Waals surface area (Å²) in [4.78, 5) is 6.22. The van der Waals surface area contributed by atoms with E-state index < -0.39 is 0 Å². The highest BCUT2D eigenvalue weighted by atomic mass is 15.2. The van der Waals surface area contributed by atoms with Crippen LogP contribution in [0.3, 0.4) is 0 Å². The first kappa shape index (κ1) is 17.4. The highest BCUT2D eigenvalue weighted by Gasteiger charge is 2.28. The zero-order chi connectivity index (χ0) is 21.1. The van der Waals surface area contributed by atoms with Crippen molar-refractivity contribution in [3.63, 3.8) is 0 Å². The van der Waals surface area contributed by atoms with E-state index in [1.807, 2.05) is 0 Å². The van der Waals surface area contributed by atoms with Gasteiger partial charge in [-0.25, -0.2) is 0 Å². The van der Waals surface area contributed by atoms with Gasteiger partial charge >= 0.3 is 0 Å². The molecule has 1 aliphatic rings. The maximum absolute atomic E-state index is 3.84. The van der Waals surface area contributed by atoms with Crippen molar-refractivity contribution in [2.24, 2.45) is 0 Å². The fraction of sp³-hybridized carbons (Fsp3) is 0. The topological polar surface area (TPSA) is 19.0 Å². The molecule has 0 saturated heterocycles. The van der Waals surface area contributed by atoms with Crippen molar-refractivity contribution >= 4 is 38.7 Å². The fourth-order valence-electron chi connectivity index (χ4n) is 5.16. The zero-order valence-electron chi connectivity index (χ0n) is 17.4. The van der Waals surface area contributed by atoms with Gasteiger partial charge < -0.3 is 9.88 Å². The number of aromatic amines is 1. The third kappa shape index (κ3) is 2.35. The van der Waals surface area contributed by atoms with Gasteiger partial charge in [0.1, 0.15) is 0 Å². The number of anilines is 3. The Morgan fingerprint density at radius 3 is 2.00 bits per heavy atom. The Hall–Kier alpha value is -4.30. The largest absolute Gasteiger partial charge is 0.353 e. The molecule has 6 aromatic rings. The summed E-state index contributed by atoms with van der Waals surface area (Å²) in [5.41, 5.74) is 9.63. The Morgan fingerprint density at radius 2 is 1.16 bits per heavy atom. The summed E-state index contributed by atoms with van der Waals surface area (Å²) in [7, 11) is 0. The predicted octanol–water partition coefficient (Wildman–Crippen LogP) is 8.44. The van der Waals surface area contributed by atoms with Crippen LogP contribution < -0.4 is 4.90 Å². The number of nitrogens with zero attached hydrogens (tertiary/aromatic N) is 1. The smallest absolute Gasteiger partial charge is 0.0566 e. The van der Waals surface area contributed by atoms with Crippen molar-refractivity contribution in [1.82, 2.24) is 4.98 Å². The van der Waals surface area contributed by atoms with E-state index in [2.05, 4.69) is 125 Å². The third-order valence-corrected chi connectivity index (χ3v) is 6.54. The van der Waals surface area contributed by atoms with Crippen LogP contribution in [0.25, 0.3) is 44.1 Å². The standard InChI is InChI=1S/C30H20N2/c1-2-11-21(12-3-1)32-26-16-8-6-14-23(26)28-25-19-18-20-10-4-5-13-22(20)29(25)31-30(28)24-15-7-9-17-27(24)32/h1-19,31H. The van der Waals surface area contributed by atoms with Gasteiger partial charge in [0.15, 0.2) is 0 Å². The minimum atomic E-state index is 1.16. The summed E-state index contributed by atoms with van der Waals surface area (Å²) in [5, 5.41) is 3.77. The second-order valence-corrected chi connectivity index (χ2v) is 8.29. The minimum absolute atomic E-state index is 1.16. The Kier molecular flexibility index (Phi) is 3.58. The van der Waals surface area contributed by atoms with Gasteiger partial charge in [-0.15, -0.1) is 0 Å². The number of aromatic nitrogens is 1. The van der Waals surface area contributed by atoms with E-state index in [1.54, 1.807) is 0 Å². The van der Waals surface area contributed by atoms with E-state index in [4.69, 9.17) is 0 Å². The molecule has 7 rings (SSSR count). The van der Waals surface area contributed by atoms with Gasteiger partial charge in [-0.1, -0.05) is 91.0 Å². The molecule has 0 unspecified atom stereocenters. The van der Waals surface area contributed by atoms with Crippen LogP contribution >= 0.6 is 0 Å². The zero-order valence-corrected chi connectivity index (χ0v) is 17.4. The Balaban J connectivity index is 1.66. The van der Waals surface area contributed by atoms with Crippen LogP contribution in [0.4, 0.5) is 17.1 Å². The second-order valence-electron chi connectivity index (χ2n) is 8.29. The van der Waals surface area contributed by atoms with Crippen LogP contribution in [-0.2, 0) is 0 Å². The quantitative estimate of drug-likeness (QED) is 0.289. The molecule has 32 heavy (non-hydrogen) atoms. The number of fused-ring (bicyclic) bond motifs is 9. The van der Waals surface area contributed by atoms with Gasteiger partial charge in [0.25, 0.3) is 0 Å². The van der Waals surface area contributed by atoms with Crippen LogP contribution in [0.2, 0.25) is 0 Å². The first-order valence-corrected chi connectivity index (χ1v) is 11.0. The minimum Gasteiger partial charge on any atom is -0.353 e. The molecule has 1 aromatic heterocycles. The maximum Gasteiger partial charge on any atom is 0.0566 e. The average Bonchev–Trinajstić information content (AvgIpc) is 3.20. The van der Waals surface area contributed by atoms with Crippen molar-refractivity contribution in [2.45, 2.75) is 0 Å². The SMILES string of the molecule is c1ccc(N2c3ccccc3-c3[nH]c4c(ccc5ccccc54)c3-c3ccccc32)cc1. The van der Waals surface area contributed by atoms with Gasteiger partial charge in [0.2, 0.25) is 0 Å². The first-order valence-electron chi connectivity index (χ1n) is 11.0. The molecule has 1 aliphatic heterocycles. The van der Waals surface area contributed by atoms with Gasteiger partial charge in [-0.2, -0.15) is 0 Å². The molecule has 0 atom stereocenters. The Bertz CT molecular complexity index is 1630. The van der Waals surface area contributed by atoms with E-state index in [9.17, 15) is 0 Å². The van der Waals surface area contributed by atoms with E-state index in [0.717, 1.165) is 5.69 Å². The van der Waals surface area contributed by atoms with Crippen molar-refractivity contribution in [2.75, 3.05) is 4.90 Å². The van der Waals surface area contributed by atoms with Crippen LogP contribution in [0.15, 0.2) is 115 Å². The molecule has 0 spiro atoms. The predicted molar refractivity (Wildman–Crippen MR) is 135 cm³/mol. The first-order chi connectivity index (χ1) is 15.9. The lowest BCUT2D eigenvalue weighted by Gasteiger charge is -2.27. The normalized spacial score (nSPS) is 12.3. The molecule has 0 amide bonds. The van der Waals surface area contributed by atoms with Gasteiger partial charge in [-0.05, 0) is 29.7 Å². The maximum atomic E-state index is 3.84. The van der Waals surface area contributed by atoms with Crippen molar-refractivity contribution in [3.05, 3.63) is 115 Å². The van der Waals surface area contributed by atoms with E-state index in [0.29, 0.717) is 0 Å². The summed E-state index contributed by atoms with van der Waals surface area (Å²) in [5.74, 6) is 0. The third-order valence-electron chi connectivity index (χ3n) is 6.54. The molecular weight excluding hydrogens is 388 g/mol. The molecule has 1 N–H and O–H groups in total. The van der Waals surface area contributed by atoms with E-state index in [1.165, 1.54) is 55.4 Å². The van der Waals surface area contributed by atoms with Crippen LogP contribution in [0.1, 0.15) is 0 Å². The average molecular weight is 409 g/mol. The number of hydrogen-bond donors (Lipinski definition) is 1. The van der Waals surface area contributed by atoms with Crippen LogP contribution in [0.5, 0.6) is 0 Å². The molecule has 150 valence electrons.